The van der Waals surface area contributed by atoms with Crippen LogP contribution < -0.4 is 20.7 Å². The van der Waals surface area contributed by atoms with Crippen molar-refractivity contribution in [2.75, 3.05) is 17.7 Å². The minimum Gasteiger partial charge on any atom is -0.496 e. The molecule has 1 atom stereocenters. The number of nitrogens with zero attached hydrogens (tertiary/aromatic N) is 1. The van der Waals surface area contributed by atoms with Gasteiger partial charge in [0.25, 0.3) is 11.8 Å². The molecule has 0 saturated carbocycles. The van der Waals surface area contributed by atoms with E-state index in [4.69, 9.17) is 4.74 Å². The van der Waals surface area contributed by atoms with E-state index in [0.29, 0.717) is 22.6 Å². The number of aromatic nitrogens is 1. The van der Waals surface area contributed by atoms with Crippen LogP contribution in [0.15, 0.2) is 132 Å². The van der Waals surface area contributed by atoms with Crippen molar-refractivity contribution in [1.82, 2.24) is 9.88 Å². The largest absolute Gasteiger partial charge is 0.496 e. The van der Waals surface area contributed by atoms with Crippen molar-refractivity contribution in [2.24, 2.45) is 0 Å². The van der Waals surface area contributed by atoms with E-state index >= 15 is 0 Å². The van der Waals surface area contributed by atoms with Crippen molar-refractivity contribution >= 4 is 68.7 Å². The predicted octanol–water partition coefficient (Wildman–Crippen LogP) is 8.35. The van der Waals surface area contributed by atoms with Crippen molar-refractivity contribution in [2.45, 2.75) is 30.5 Å². The number of hydrogen-bond donors (Lipinski definition) is 3. The second-order valence-electron chi connectivity index (χ2n) is 11.3. The Kier molecular flexibility index (Phi) is 10.1. The highest BCUT2D eigenvalue weighted by Gasteiger charge is 2.18. The van der Waals surface area contributed by atoms with Gasteiger partial charge < -0.3 is 25.3 Å². The summed E-state index contributed by atoms with van der Waals surface area (Å²) in [5.74, 6) is -0.460. The Bertz CT molecular complexity index is 2170. The number of methoxy groups -OCH3 is 1. The average molecular weight is 669 g/mol. The monoisotopic (exact) mass is 668 g/mol. The van der Waals surface area contributed by atoms with Crippen LogP contribution in [-0.2, 0) is 16.1 Å². The first-order valence-corrected chi connectivity index (χ1v) is 16.8. The summed E-state index contributed by atoms with van der Waals surface area (Å²) in [6, 6.07) is 37.5. The van der Waals surface area contributed by atoms with Gasteiger partial charge in [0.15, 0.2) is 0 Å². The first kappa shape index (κ1) is 33.1. The van der Waals surface area contributed by atoms with Gasteiger partial charge in [0.1, 0.15) is 11.4 Å². The molecule has 0 aliphatic carbocycles. The number of carbonyl (C=O) groups is 3. The fourth-order valence-electron chi connectivity index (χ4n) is 5.67. The van der Waals surface area contributed by atoms with Crippen LogP contribution in [0.4, 0.5) is 11.4 Å². The third-order valence-electron chi connectivity index (χ3n) is 8.12. The maximum absolute atomic E-state index is 13.5. The summed E-state index contributed by atoms with van der Waals surface area (Å²) >= 11 is 1.42. The predicted molar refractivity (Wildman–Crippen MR) is 199 cm³/mol. The van der Waals surface area contributed by atoms with Gasteiger partial charge in [0.2, 0.25) is 5.91 Å². The Balaban J connectivity index is 1.12. The van der Waals surface area contributed by atoms with E-state index in [1.54, 1.807) is 61.7 Å². The molecule has 0 fully saturated rings. The van der Waals surface area contributed by atoms with Gasteiger partial charge >= 0.3 is 0 Å². The lowest BCUT2D eigenvalue weighted by molar-refractivity contribution is -0.115. The molecule has 3 N–H and O–H groups in total. The first-order valence-electron chi connectivity index (χ1n) is 16.0. The molecule has 1 unspecified atom stereocenters. The van der Waals surface area contributed by atoms with E-state index in [1.165, 1.54) is 17.3 Å². The molecule has 6 rings (SSSR count). The normalized spacial score (nSPS) is 12.0. The Morgan fingerprint density at radius 3 is 2.20 bits per heavy atom. The van der Waals surface area contributed by atoms with Crippen LogP contribution in [0.3, 0.4) is 0 Å². The molecule has 8 nitrogen and oxygen atoms in total. The molecular formula is C40H36N4O4S. The lowest BCUT2D eigenvalue weighted by Gasteiger charge is -2.14. The molecule has 6 aromatic rings. The third kappa shape index (κ3) is 7.52. The fraction of sp³-hybridized carbons (Fsp3) is 0.125. The number of hydrogen-bond acceptors (Lipinski definition) is 5. The second kappa shape index (κ2) is 15.0. The van der Waals surface area contributed by atoms with Crippen LogP contribution in [0.25, 0.3) is 27.9 Å². The molecular weight excluding hydrogens is 633 g/mol. The van der Waals surface area contributed by atoms with Crippen molar-refractivity contribution in [3.05, 3.63) is 138 Å². The van der Waals surface area contributed by atoms with Crippen LogP contribution in [0, 0.1) is 0 Å². The summed E-state index contributed by atoms with van der Waals surface area (Å²) in [6.07, 6.45) is 1.58. The van der Waals surface area contributed by atoms with Crippen LogP contribution >= 0.6 is 11.8 Å². The number of para-hydroxylation sites is 2. The summed E-state index contributed by atoms with van der Waals surface area (Å²) in [6.45, 7) is 4.85. The van der Waals surface area contributed by atoms with Gasteiger partial charge in [-0.2, -0.15) is 0 Å². The minimum atomic E-state index is -0.498. The number of amides is 3. The Labute approximate surface area is 289 Å². The average Bonchev–Trinajstić information content (AvgIpc) is 3.45. The number of benzene rings is 5. The smallest absolute Gasteiger partial charge is 0.272 e. The topological polar surface area (TPSA) is 101 Å². The first-order chi connectivity index (χ1) is 23.8. The third-order valence-corrected chi connectivity index (χ3v) is 9.23. The molecule has 0 aliphatic heterocycles. The van der Waals surface area contributed by atoms with E-state index in [-0.39, 0.29) is 16.9 Å². The number of aryl methyl sites for hydroxylation is 1. The number of carbonyl (C=O) groups excluding carboxylic acids is 3. The Hall–Kier alpha value is -5.80. The van der Waals surface area contributed by atoms with E-state index in [2.05, 4.69) is 45.6 Å². The maximum atomic E-state index is 13.5. The lowest BCUT2D eigenvalue weighted by atomic mass is 10.1. The van der Waals surface area contributed by atoms with Crippen molar-refractivity contribution in [3.63, 3.8) is 0 Å². The summed E-state index contributed by atoms with van der Waals surface area (Å²) < 4.78 is 7.72. The molecule has 0 saturated heterocycles. The van der Waals surface area contributed by atoms with E-state index < -0.39 is 11.8 Å². The molecule has 0 aliphatic rings. The number of thioether (sulfide) groups is 1. The molecule has 0 spiro atoms. The van der Waals surface area contributed by atoms with Gasteiger partial charge in [-0.1, -0.05) is 54.6 Å². The van der Waals surface area contributed by atoms with Gasteiger partial charge in [-0.25, -0.2) is 0 Å². The Morgan fingerprint density at radius 1 is 0.776 bits per heavy atom. The standard InChI is InChI=1S/C40H36N4O4S/c1-4-44-35-16-10-9-15-32(35)33-25-30(20-23-36(33)44)42-38(45)26(2)49-31-21-18-29(19-22-31)41-40(47)34(24-28-14-8-11-17-37(28)48-3)43-39(46)27-12-6-5-7-13-27/h5-26H,4H2,1-3H3,(H,41,47)(H,42,45)(H,43,46)/b34-24-. The minimum absolute atomic E-state index is 0.0551. The number of fused-ring (bicyclic) bond motifs is 3. The maximum Gasteiger partial charge on any atom is 0.272 e. The molecule has 49 heavy (non-hydrogen) atoms. The van der Waals surface area contributed by atoms with Crippen LogP contribution in [0.2, 0.25) is 0 Å². The van der Waals surface area contributed by atoms with Gasteiger partial charge in [-0.05, 0) is 86.7 Å². The van der Waals surface area contributed by atoms with Crippen LogP contribution in [0.5, 0.6) is 5.75 Å². The molecule has 1 heterocycles. The number of ether oxygens (including phenoxy) is 1. The molecule has 0 radical (unpaired) electrons. The zero-order valence-corrected chi connectivity index (χ0v) is 28.2. The van der Waals surface area contributed by atoms with E-state index in [9.17, 15) is 14.4 Å². The van der Waals surface area contributed by atoms with Gasteiger partial charge in [-0.3, -0.25) is 14.4 Å². The van der Waals surface area contributed by atoms with Crippen molar-refractivity contribution in [1.29, 1.82) is 0 Å². The Morgan fingerprint density at radius 2 is 1.45 bits per heavy atom. The molecule has 246 valence electrons. The summed E-state index contributed by atoms with van der Waals surface area (Å²) in [7, 11) is 1.55. The molecule has 1 aromatic heterocycles. The van der Waals surface area contributed by atoms with Crippen LogP contribution in [-0.4, -0.2) is 34.6 Å². The van der Waals surface area contributed by atoms with E-state index in [1.807, 2.05) is 61.5 Å². The number of nitrogens with one attached hydrogen (secondary N) is 3. The quantitative estimate of drug-likeness (QED) is 0.0952. The second-order valence-corrected chi connectivity index (χ2v) is 12.8. The van der Waals surface area contributed by atoms with E-state index in [0.717, 1.165) is 33.4 Å². The highest BCUT2D eigenvalue weighted by Crippen LogP contribution is 2.32. The highest BCUT2D eigenvalue weighted by molar-refractivity contribution is 8.00. The van der Waals surface area contributed by atoms with Crippen LogP contribution in [0.1, 0.15) is 29.8 Å². The molecule has 5 aromatic carbocycles. The SMILES string of the molecule is CCn1c2ccccc2c2cc(NC(=O)C(C)Sc3ccc(NC(=O)/C(=C/c4ccccc4OC)NC(=O)c4ccccc4)cc3)ccc21. The molecule has 3 amide bonds. The zero-order valence-electron chi connectivity index (χ0n) is 27.4. The molecule has 0 bridgehead atoms. The van der Waals surface area contributed by atoms with Gasteiger partial charge in [0.05, 0.1) is 12.4 Å². The van der Waals surface area contributed by atoms with Crippen molar-refractivity contribution in [3.8, 4) is 5.75 Å². The summed E-state index contributed by atoms with van der Waals surface area (Å²) in [5.41, 5.74) is 4.70. The lowest BCUT2D eigenvalue weighted by Crippen LogP contribution is -2.30. The fourth-order valence-corrected chi connectivity index (χ4v) is 6.54. The number of rotatable bonds is 11. The highest BCUT2D eigenvalue weighted by atomic mass is 32.2. The summed E-state index contributed by atoms with van der Waals surface area (Å²) in [5, 5.41) is 10.6. The summed E-state index contributed by atoms with van der Waals surface area (Å²) in [4.78, 5) is 40.6. The van der Waals surface area contributed by atoms with Crippen molar-refractivity contribution < 1.29 is 19.1 Å². The molecule has 9 heteroatoms. The number of anilines is 2. The van der Waals surface area contributed by atoms with Gasteiger partial charge in [0, 0.05) is 55.7 Å². The zero-order chi connectivity index (χ0) is 34.3. The van der Waals surface area contributed by atoms with Gasteiger partial charge in [-0.15, -0.1) is 11.8 Å².